The highest BCUT2D eigenvalue weighted by Gasteiger charge is 2.45. The van der Waals surface area contributed by atoms with Crippen molar-refractivity contribution in [3.63, 3.8) is 0 Å². The van der Waals surface area contributed by atoms with Crippen molar-refractivity contribution in [1.82, 2.24) is 39.8 Å². The van der Waals surface area contributed by atoms with Gasteiger partial charge < -0.3 is 25.0 Å². The van der Waals surface area contributed by atoms with Crippen LogP contribution in [0.15, 0.2) is 95.9 Å². The highest BCUT2D eigenvalue weighted by molar-refractivity contribution is 7.90. The maximum absolute atomic E-state index is 13.4. The third-order valence-corrected chi connectivity index (χ3v) is 13.1. The Morgan fingerprint density at radius 3 is 2.37 bits per heavy atom. The Morgan fingerprint density at radius 1 is 0.892 bits per heavy atom. The van der Waals surface area contributed by atoms with Gasteiger partial charge in [0.25, 0.3) is 17.7 Å². The molecular weight excluding hydrogens is 855 g/mol. The second-order valence-electron chi connectivity index (χ2n) is 16.2. The number of hydrogen-bond donors (Lipinski definition) is 4. The standard InChI is InChI=1S/C46H45N9O9S/c1-65(62,63)31-16-12-29(13-17-31)41-33(44(60)55(51-41)46-48-34-6-2-3-7-35(34)49-46)18-11-28-9-14-30(15-10-28)64-27-39(57)53-25-23-52(24-26-53)22-21-47-36-8-4-5-32-40(36)45(61)54(43(32)59)37-19-20-38(56)50-42(37)58/h2-10,12-17,37,47,60H,11,18-27H2,1H3,(H,48,49)(H,50,56,58). The molecule has 1 unspecified atom stereocenters. The average Bonchev–Trinajstić information content (AvgIpc) is 3.96. The molecule has 18 nitrogen and oxygen atoms in total. The van der Waals surface area contributed by atoms with E-state index < -0.39 is 39.5 Å². The third-order valence-electron chi connectivity index (χ3n) is 12.0. The van der Waals surface area contributed by atoms with Gasteiger partial charge in [0.1, 0.15) is 17.5 Å². The number of nitrogens with zero attached hydrogens (tertiary/aromatic N) is 6. The number of aryl methyl sites for hydroxylation is 1. The number of rotatable bonds is 14. The summed E-state index contributed by atoms with van der Waals surface area (Å²) in [5.74, 6) is -1.56. The normalized spacial score (nSPS) is 16.8. The number of benzene rings is 4. The summed E-state index contributed by atoms with van der Waals surface area (Å²) in [6.45, 7) is 3.26. The number of aromatic amines is 1. The Morgan fingerprint density at radius 2 is 1.65 bits per heavy atom. The van der Waals surface area contributed by atoms with Crippen LogP contribution in [0, 0.1) is 0 Å². The maximum Gasteiger partial charge on any atom is 0.264 e. The number of amides is 5. The minimum Gasteiger partial charge on any atom is -0.493 e. The molecule has 0 saturated carbocycles. The van der Waals surface area contributed by atoms with Gasteiger partial charge in [0.2, 0.25) is 23.6 Å². The molecule has 5 amide bonds. The molecule has 1 atom stereocenters. The van der Waals surface area contributed by atoms with Crippen LogP contribution in [0.25, 0.3) is 28.2 Å². The van der Waals surface area contributed by atoms with Gasteiger partial charge in [-0.05, 0) is 73.4 Å². The summed E-state index contributed by atoms with van der Waals surface area (Å²) in [5, 5.41) is 21.7. The topological polar surface area (TPSA) is 229 Å². The van der Waals surface area contributed by atoms with Gasteiger partial charge in [-0.3, -0.25) is 39.1 Å². The molecule has 0 radical (unpaired) electrons. The summed E-state index contributed by atoms with van der Waals surface area (Å²) in [5.41, 5.74) is 5.05. The van der Waals surface area contributed by atoms with Crippen molar-refractivity contribution in [2.75, 3.05) is 57.4 Å². The largest absolute Gasteiger partial charge is 0.493 e. The number of fused-ring (bicyclic) bond motifs is 2. The van der Waals surface area contributed by atoms with Gasteiger partial charge in [-0.25, -0.2) is 13.4 Å². The SMILES string of the molecule is CS(=O)(=O)c1ccc(-c2nn(-c3nc4ccccc4[nH]3)c(O)c2CCc2ccc(OCC(=O)N3CCN(CCNc4cccc5c4C(=O)N(C4CCC(=O)NC4=O)C5=O)CC3)cc2)cc1. The summed E-state index contributed by atoms with van der Waals surface area (Å²) in [4.78, 5) is 76.8. The summed E-state index contributed by atoms with van der Waals surface area (Å²) in [7, 11) is -3.41. The number of anilines is 1. The quantitative estimate of drug-likeness (QED) is 0.115. The van der Waals surface area contributed by atoms with Crippen LogP contribution in [-0.2, 0) is 37.1 Å². The molecule has 334 valence electrons. The van der Waals surface area contributed by atoms with Crippen LogP contribution in [0.3, 0.4) is 0 Å². The molecular formula is C46H45N9O9S. The minimum atomic E-state index is -3.41. The molecule has 2 aromatic heterocycles. The van der Waals surface area contributed by atoms with Crippen molar-refractivity contribution in [2.45, 2.75) is 36.6 Å². The van der Waals surface area contributed by atoms with Crippen LogP contribution in [0.4, 0.5) is 5.69 Å². The molecule has 2 saturated heterocycles. The minimum absolute atomic E-state index is 0.0472. The fourth-order valence-corrected chi connectivity index (χ4v) is 9.07. The maximum atomic E-state index is 13.4. The van der Waals surface area contributed by atoms with Crippen LogP contribution in [0.2, 0.25) is 0 Å². The first kappa shape index (κ1) is 42.9. The lowest BCUT2D eigenvalue weighted by atomic mass is 10.0. The van der Waals surface area contributed by atoms with Crippen molar-refractivity contribution < 1.29 is 42.2 Å². The Labute approximate surface area is 373 Å². The van der Waals surface area contributed by atoms with Gasteiger partial charge >= 0.3 is 0 Å². The first-order valence-corrected chi connectivity index (χ1v) is 23.1. The zero-order valence-electron chi connectivity index (χ0n) is 35.3. The molecule has 4 N–H and O–H groups in total. The monoisotopic (exact) mass is 899 g/mol. The lowest BCUT2D eigenvalue weighted by Gasteiger charge is -2.34. The summed E-state index contributed by atoms with van der Waals surface area (Å²) in [6, 6.07) is 25.2. The number of hydrogen-bond acceptors (Lipinski definition) is 13. The number of piperazine rings is 1. The van der Waals surface area contributed by atoms with E-state index in [1.54, 1.807) is 47.4 Å². The second kappa shape index (κ2) is 17.6. The van der Waals surface area contributed by atoms with Crippen LogP contribution >= 0.6 is 0 Å². The number of ether oxygens (including phenoxy) is 1. The zero-order valence-corrected chi connectivity index (χ0v) is 36.1. The second-order valence-corrected chi connectivity index (χ2v) is 18.2. The molecule has 9 rings (SSSR count). The van der Waals surface area contributed by atoms with Gasteiger partial charge in [0, 0.05) is 68.8 Å². The van der Waals surface area contributed by atoms with E-state index in [1.807, 2.05) is 36.4 Å². The van der Waals surface area contributed by atoms with Crippen LogP contribution in [0.5, 0.6) is 11.6 Å². The van der Waals surface area contributed by atoms with E-state index in [-0.39, 0.29) is 47.3 Å². The lowest BCUT2D eigenvalue weighted by Crippen LogP contribution is -2.54. The number of aromatic nitrogens is 4. The number of aromatic hydroxyl groups is 1. The summed E-state index contributed by atoms with van der Waals surface area (Å²) in [6.07, 6.45) is 2.21. The lowest BCUT2D eigenvalue weighted by molar-refractivity contribution is -0.136. The Balaban J connectivity index is 0.762. The Kier molecular flexibility index (Phi) is 11.6. The molecule has 0 aliphatic carbocycles. The molecule has 3 aliphatic heterocycles. The first-order chi connectivity index (χ1) is 31.3. The zero-order chi connectivity index (χ0) is 45.4. The molecule has 0 spiro atoms. The predicted molar refractivity (Wildman–Crippen MR) is 237 cm³/mol. The molecule has 0 bridgehead atoms. The highest BCUT2D eigenvalue weighted by atomic mass is 32.2. The number of carbonyl (C=O) groups is 5. The van der Waals surface area contributed by atoms with E-state index >= 15 is 0 Å². The highest BCUT2D eigenvalue weighted by Crippen LogP contribution is 2.35. The van der Waals surface area contributed by atoms with Crippen LogP contribution < -0.4 is 15.4 Å². The van der Waals surface area contributed by atoms with E-state index in [4.69, 9.17) is 9.84 Å². The van der Waals surface area contributed by atoms with Crippen molar-refractivity contribution in [1.29, 1.82) is 0 Å². The number of para-hydroxylation sites is 2. The first-order valence-electron chi connectivity index (χ1n) is 21.2. The molecule has 19 heteroatoms. The number of sulfone groups is 1. The van der Waals surface area contributed by atoms with Crippen LogP contribution in [-0.4, -0.2) is 136 Å². The smallest absolute Gasteiger partial charge is 0.264 e. The Hall–Kier alpha value is -7.38. The average molecular weight is 900 g/mol. The number of piperidine rings is 1. The molecule has 2 fully saturated rings. The molecule has 6 aromatic rings. The summed E-state index contributed by atoms with van der Waals surface area (Å²) >= 11 is 0. The molecule has 5 heterocycles. The van der Waals surface area contributed by atoms with Crippen molar-refractivity contribution in [3.05, 3.63) is 113 Å². The fourth-order valence-electron chi connectivity index (χ4n) is 8.44. The molecule has 3 aliphatic rings. The van der Waals surface area contributed by atoms with Crippen molar-refractivity contribution >= 4 is 56.1 Å². The number of H-pyrrole nitrogens is 1. The van der Waals surface area contributed by atoms with Gasteiger partial charge in [-0.15, -0.1) is 0 Å². The van der Waals surface area contributed by atoms with Gasteiger partial charge in [0.15, 0.2) is 16.4 Å². The van der Waals surface area contributed by atoms with Crippen molar-refractivity contribution in [2.24, 2.45) is 0 Å². The summed E-state index contributed by atoms with van der Waals surface area (Å²) < 4.78 is 31.5. The van der Waals surface area contributed by atoms with E-state index in [0.717, 1.165) is 22.2 Å². The van der Waals surface area contributed by atoms with E-state index in [9.17, 15) is 37.5 Å². The van der Waals surface area contributed by atoms with E-state index in [0.29, 0.717) is 91.8 Å². The van der Waals surface area contributed by atoms with Crippen molar-refractivity contribution in [3.8, 4) is 28.8 Å². The Bertz CT molecular complexity index is 2920. The number of carbonyl (C=O) groups excluding carboxylic acids is 5. The number of imidazole rings is 1. The number of nitrogens with one attached hydrogen (secondary N) is 3. The predicted octanol–water partition coefficient (Wildman–Crippen LogP) is 3.35. The van der Waals surface area contributed by atoms with E-state index in [1.165, 1.54) is 16.8 Å². The third kappa shape index (κ3) is 8.79. The molecule has 65 heavy (non-hydrogen) atoms. The van der Waals surface area contributed by atoms with Gasteiger partial charge in [0.05, 0.1) is 27.1 Å². The van der Waals surface area contributed by atoms with Crippen LogP contribution in [0.1, 0.15) is 44.7 Å². The van der Waals surface area contributed by atoms with E-state index in [2.05, 4.69) is 25.5 Å². The van der Waals surface area contributed by atoms with Gasteiger partial charge in [-0.1, -0.05) is 42.5 Å². The van der Waals surface area contributed by atoms with Gasteiger partial charge in [-0.2, -0.15) is 9.78 Å². The fraction of sp³-hybridized carbons (Fsp3) is 0.283. The molecule has 4 aromatic carbocycles. The number of imide groups is 2.